The van der Waals surface area contributed by atoms with Crippen LogP contribution in [0.2, 0.25) is 0 Å². The number of hydrogen-bond acceptors (Lipinski definition) is 0. The van der Waals surface area contributed by atoms with E-state index < -0.39 is 0 Å². The lowest BCUT2D eigenvalue weighted by molar-refractivity contribution is 1.66. The summed E-state index contributed by atoms with van der Waals surface area (Å²) in [5.74, 6) is 0. The largest absolute Gasteiger partial charge is 0.0622 e. The first-order valence-electron chi connectivity index (χ1n) is 11.3. The van der Waals surface area contributed by atoms with Crippen molar-refractivity contribution >= 4 is 31.9 Å². The van der Waals surface area contributed by atoms with Crippen molar-refractivity contribution < 1.29 is 0 Å². The van der Waals surface area contributed by atoms with Gasteiger partial charge in [0, 0.05) is 20.1 Å². The summed E-state index contributed by atoms with van der Waals surface area (Å²) in [6, 6.07) is 43.2. The molecule has 0 bridgehead atoms. The fourth-order valence-electron chi connectivity index (χ4n) is 4.91. The van der Waals surface area contributed by atoms with Gasteiger partial charge in [0.25, 0.3) is 0 Å². The van der Waals surface area contributed by atoms with Crippen LogP contribution < -0.4 is 0 Å². The Balaban J connectivity index is 1.60. The molecule has 0 saturated carbocycles. The molecule has 0 unspecified atom stereocenters. The van der Waals surface area contributed by atoms with Gasteiger partial charge in [-0.1, -0.05) is 141 Å². The minimum absolute atomic E-state index is 1.11. The Morgan fingerprint density at radius 2 is 0.647 bits per heavy atom. The molecule has 2 aromatic rings. The van der Waals surface area contributed by atoms with E-state index in [0.717, 1.165) is 8.95 Å². The molecule has 0 aromatic heterocycles. The molecule has 0 saturated heterocycles. The topological polar surface area (TPSA) is 0 Å². The van der Waals surface area contributed by atoms with Gasteiger partial charge in [-0.3, -0.25) is 0 Å². The molecule has 0 heterocycles. The van der Waals surface area contributed by atoms with Crippen LogP contribution in [-0.2, 0) is 0 Å². The third kappa shape index (κ3) is 3.58. The van der Waals surface area contributed by atoms with E-state index in [4.69, 9.17) is 0 Å². The summed E-state index contributed by atoms with van der Waals surface area (Å²) in [5, 5.41) is 0. The maximum Gasteiger partial charge on any atom is 0.0266 e. The fourth-order valence-corrected chi connectivity index (χ4v) is 6.22. The van der Waals surface area contributed by atoms with Crippen LogP contribution in [0.4, 0.5) is 0 Å². The molecule has 4 aliphatic rings. The van der Waals surface area contributed by atoms with Gasteiger partial charge in [-0.15, -0.1) is 0 Å². The summed E-state index contributed by atoms with van der Waals surface area (Å²) < 4.78 is 2.22. The zero-order valence-electron chi connectivity index (χ0n) is 18.3. The van der Waals surface area contributed by atoms with E-state index in [2.05, 4.69) is 153 Å². The van der Waals surface area contributed by atoms with Crippen LogP contribution in [0.5, 0.6) is 0 Å². The van der Waals surface area contributed by atoms with Crippen LogP contribution in [0.3, 0.4) is 0 Å². The summed E-state index contributed by atoms with van der Waals surface area (Å²) in [4.78, 5) is 0. The Labute approximate surface area is 216 Å². The first-order valence-corrected chi connectivity index (χ1v) is 12.8. The molecule has 2 heteroatoms. The van der Waals surface area contributed by atoms with E-state index in [1.165, 1.54) is 55.6 Å². The van der Waals surface area contributed by atoms with Crippen molar-refractivity contribution in [3.05, 3.63) is 130 Å². The van der Waals surface area contributed by atoms with Gasteiger partial charge < -0.3 is 0 Å². The van der Waals surface area contributed by atoms with Crippen LogP contribution in [0, 0.1) is 0 Å². The quantitative estimate of drug-likeness (QED) is 0.201. The van der Waals surface area contributed by atoms with Crippen molar-refractivity contribution in [3.63, 3.8) is 0 Å². The molecule has 2 aromatic carbocycles. The van der Waals surface area contributed by atoms with Crippen molar-refractivity contribution in [2.75, 3.05) is 0 Å². The zero-order chi connectivity index (χ0) is 23.1. The molecule has 0 aliphatic heterocycles. The molecule has 0 spiro atoms. The van der Waals surface area contributed by atoms with E-state index in [9.17, 15) is 0 Å². The van der Waals surface area contributed by atoms with Crippen molar-refractivity contribution in [3.8, 4) is 55.6 Å². The summed E-state index contributed by atoms with van der Waals surface area (Å²) >= 11 is 7.82. The highest BCUT2D eigenvalue weighted by Gasteiger charge is 2.23. The van der Waals surface area contributed by atoms with Crippen LogP contribution >= 0.6 is 31.9 Å². The summed E-state index contributed by atoms with van der Waals surface area (Å²) in [6.45, 7) is 0. The molecule has 6 rings (SSSR count). The number of benzene rings is 2. The van der Waals surface area contributed by atoms with Gasteiger partial charge in [0.1, 0.15) is 0 Å². The first-order chi connectivity index (χ1) is 16.7. The molecular formula is C32H20Br2. The summed E-state index contributed by atoms with van der Waals surface area (Å²) in [6.07, 6.45) is 0. The van der Waals surface area contributed by atoms with Crippen molar-refractivity contribution in [2.24, 2.45) is 0 Å². The van der Waals surface area contributed by atoms with Crippen molar-refractivity contribution in [1.82, 2.24) is 0 Å². The highest BCUT2D eigenvalue weighted by Crippen LogP contribution is 2.51. The van der Waals surface area contributed by atoms with Crippen LogP contribution in [-0.4, -0.2) is 0 Å². The Morgan fingerprint density at radius 1 is 0.324 bits per heavy atom. The molecular weight excluding hydrogens is 544 g/mol. The molecule has 0 radical (unpaired) electrons. The van der Waals surface area contributed by atoms with Gasteiger partial charge >= 0.3 is 0 Å². The lowest BCUT2D eigenvalue weighted by Gasteiger charge is -2.11. The Hall–Kier alpha value is -3.20. The highest BCUT2D eigenvalue weighted by molar-refractivity contribution is 9.11. The Kier molecular flexibility index (Phi) is 5.57. The van der Waals surface area contributed by atoms with Gasteiger partial charge in [-0.2, -0.15) is 0 Å². The first kappa shape index (κ1) is 21.3. The van der Waals surface area contributed by atoms with E-state index in [1.807, 2.05) is 0 Å². The predicted octanol–water partition coefficient (Wildman–Crippen LogP) is 10.4. The minimum Gasteiger partial charge on any atom is -0.0622 e. The highest BCUT2D eigenvalue weighted by atomic mass is 79.9. The average molecular weight is 564 g/mol. The maximum absolute atomic E-state index is 3.91. The fraction of sp³-hybridized carbons (Fsp3) is 0. The van der Waals surface area contributed by atoms with Gasteiger partial charge in [-0.25, -0.2) is 0 Å². The van der Waals surface area contributed by atoms with Crippen molar-refractivity contribution in [2.45, 2.75) is 0 Å². The minimum atomic E-state index is 1.11. The number of hydrogen-bond donors (Lipinski definition) is 0. The molecule has 0 atom stereocenters. The monoisotopic (exact) mass is 562 g/mol. The normalized spacial score (nSPS) is 11.2. The average Bonchev–Trinajstić information content (AvgIpc) is 3.16. The van der Waals surface area contributed by atoms with Crippen LogP contribution in [0.25, 0.3) is 55.6 Å². The summed E-state index contributed by atoms with van der Waals surface area (Å²) in [5.41, 5.74) is 12.3. The second kappa shape index (κ2) is 8.87. The van der Waals surface area contributed by atoms with Gasteiger partial charge in [0.15, 0.2) is 0 Å². The SMILES string of the molecule is Brc1cc(-c2ccccc2)c2ccccc(-c3ccccc4c(-c5ccccc5)cc(Br)c3-4)c1-2. The lowest BCUT2D eigenvalue weighted by atomic mass is 9.93. The Morgan fingerprint density at radius 3 is 1.03 bits per heavy atom. The maximum atomic E-state index is 3.91. The Bertz CT molecular complexity index is 1430. The number of rotatable bonds is 3. The van der Waals surface area contributed by atoms with E-state index in [0.29, 0.717) is 0 Å². The molecule has 0 fully saturated rings. The molecule has 4 aliphatic carbocycles. The molecule has 0 nitrogen and oxygen atoms in total. The van der Waals surface area contributed by atoms with Crippen LogP contribution in [0.15, 0.2) is 130 Å². The molecule has 0 N–H and O–H groups in total. The van der Waals surface area contributed by atoms with Gasteiger partial charge in [0.05, 0.1) is 0 Å². The molecule has 162 valence electrons. The second-order valence-corrected chi connectivity index (χ2v) is 10.1. The van der Waals surface area contributed by atoms with Gasteiger partial charge in [-0.05, 0) is 56.6 Å². The van der Waals surface area contributed by atoms with E-state index in [-0.39, 0.29) is 0 Å². The number of fused-ring (bicyclic) bond motifs is 2. The third-order valence-electron chi connectivity index (χ3n) is 6.41. The van der Waals surface area contributed by atoms with E-state index in [1.54, 1.807) is 0 Å². The smallest absolute Gasteiger partial charge is 0.0266 e. The van der Waals surface area contributed by atoms with Crippen LogP contribution in [0.1, 0.15) is 0 Å². The number of halogens is 2. The zero-order valence-corrected chi connectivity index (χ0v) is 21.5. The third-order valence-corrected chi connectivity index (χ3v) is 7.66. The molecule has 34 heavy (non-hydrogen) atoms. The summed E-state index contributed by atoms with van der Waals surface area (Å²) in [7, 11) is 0. The predicted molar refractivity (Wildman–Crippen MR) is 151 cm³/mol. The van der Waals surface area contributed by atoms with Gasteiger partial charge in [0.2, 0.25) is 0 Å². The lowest BCUT2D eigenvalue weighted by Crippen LogP contribution is -1.84. The van der Waals surface area contributed by atoms with Crippen molar-refractivity contribution in [1.29, 1.82) is 0 Å². The molecule has 0 amide bonds. The second-order valence-electron chi connectivity index (χ2n) is 8.39. The van der Waals surface area contributed by atoms with E-state index >= 15 is 0 Å². The standard InChI is InChI=1S/C32H20Br2/c33-29-19-27(21-11-3-1-4-12-21)25-17-9-7-15-23(31(25)29)24-16-8-10-18-26-28(20-30(34)32(24)26)22-13-5-2-6-14-22/h1-20H.